The number of carbonyl (C=O) groups excluding carboxylic acids is 1. The van der Waals surface area contributed by atoms with Crippen LogP contribution in [0.4, 0.5) is 75.2 Å². The second kappa shape index (κ2) is 9.48. The molecule has 0 radical (unpaired) electrons. The van der Waals surface area contributed by atoms with Gasteiger partial charge in [0.25, 0.3) is 0 Å². The minimum Gasteiger partial charge on any atom is -0.311 e. The first kappa shape index (κ1) is 33.9. The van der Waals surface area contributed by atoms with Gasteiger partial charge in [-0.05, 0) is 30.5 Å². The zero-order valence-corrected chi connectivity index (χ0v) is 19.5. The highest BCUT2D eigenvalue weighted by Crippen LogP contribution is 2.64. The summed E-state index contributed by atoms with van der Waals surface area (Å²) in [7, 11) is 0. The van der Waals surface area contributed by atoms with E-state index in [0.29, 0.717) is 0 Å². The fourth-order valence-corrected chi connectivity index (χ4v) is 3.91. The van der Waals surface area contributed by atoms with Gasteiger partial charge in [0.15, 0.2) is 0 Å². The molecule has 0 aliphatic heterocycles. The van der Waals surface area contributed by atoms with Crippen molar-refractivity contribution in [2.75, 3.05) is 5.32 Å². The van der Waals surface area contributed by atoms with Crippen LogP contribution < -0.4 is 5.32 Å². The summed E-state index contributed by atoms with van der Waals surface area (Å²) in [6.45, 7) is 2.57. The number of hydrogen-bond donors (Lipinski definition) is 1. The van der Waals surface area contributed by atoms with Crippen molar-refractivity contribution < 1.29 is 75.0 Å². The van der Waals surface area contributed by atoms with E-state index in [1.807, 2.05) is 0 Å². The van der Waals surface area contributed by atoms with Crippen molar-refractivity contribution in [3.8, 4) is 6.07 Å². The predicted molar refractivity (Wildman–Crippen MR) is 97.2 cm³/mol. The van der Waals surface area contributed by atoms with E-state index in [2.05, 4.69) is 11.6 Å². The quantitative estimate of drug-likeness (QED) is 0.213. The summed E-state index contributed by atoms with van der Waals surface area (Å²) in [6.07, 6.45) is -0.0484. The van der Waals surface area contributed by atoms with Crippen molar-refractivity contribution in [1.82, 2.24) is 0 Å². The fourth-order valence-electron chi connectivity index (χ4n) is 2.70. The van der Waals surface area contributed by atoms with E-state index < -0.39 is 63.3 Å². The van der Waals surface area contributed by atoms with Crippen LogP contribution in [-0.2, 0) is 11.2 Å². The molecule has 21 heteroatoms. The minimum atomic E-state index is -8.67. The largest absolute Gasteiger partial charge is 0.393 e. The maximum atomic E-state index is 14.1. The summed E-state index contributed by atoms with van der Waals surface area (Å²) in [5.41, 5.74) is -0.673. The second-order valence-corrected chi connectivity index (χ2v) is 8.98. The molecule has 1 aromatic rings. The van der Waals surface area contributed by atoms with Crippen LogP contribution >= 0.6 is 22.9 Å². The molecule has 0 unspecified atom stereocenters. The molecule has 0 aliphatic rings. The van der Waals surface area contributed by atoms with Crippen LogP contribution in [0.2, 0.25) is 0 Å². The average molecular weight is 629 g/mol. The van der Waals surface area contributed by atoms with E-state index >= 15 is 0 Å². The highest BCUT2D eigenvalue weighted by Gasteiger charge is 2.95. The highest BCUT2D eigenvalue weighted by atomic mass is 35.5. The van der Waals surface area contributed by atoms with Crippen LogP contribution in [0.5, 0.6) is 0 Å². The van der Waals surface area contributed by atoms with Crippen LogP contribution in [0.3, 0.4) is 0 Å². The lowest BCUT2D eigenvalue weighted by Gasteiger charge is -2.42. The van der Waals surface area contributed by atoms with Gasteiger partial charge in [-0.1, -0.05) is 6.92 Å². The van der Waals surface area contributed by atoms with E-state index in [4.69, 9.17) is 5.26 Å². The highest BCUT2D eigenvalue weighted by molar-refractivity contribution is 7.16. The van der Waals surface area contributed by atoms with E-state index in [1.54, 1.807) is 0 Å². The molecule has 1 rings (SSSR count). The normalized spacial score (nSPS) is 14.9. The Morgan fingerprint density at radius 1 is 0.789 bits per heavy atom. The van der Waals surface area contributed by atoms with Gasteiger partial charge in [-0.2, -0.15) is 75.5 Å². The third-order valence-electron chi connectivity index (χ3n) is 4.91. The number of anilines is 1. The number of nitrogens with one attached hydrogen (secondary N) is 1. The number of halogens is 17. The van der Waals surface area contributed by atoms with Crippen LogP contribution in [-0.4, -0.2) is 52.7 Å². The molecule has 1 N–H and O–H groups in total. The minimum absolute atomic E-state index is 0.0126. The second-order valence-electron chi connectivity index (χ2n) is 7.28. The van der Waals surface area contributed by atoms with Gasteiger partial charge < -0.3 is 5.32 Å². The lowest BCUT2D eigenvalue weighted by atomic mass is 9.89. The summed E-state index contributed by atoms with van der Waals surface area (Å²) >= 11 is 3.65. The maximum Gasteiger partial charge on any atom is 0.393 e. The molecule has 0 aromatic carbocycles. The molecule has 0 spiro atoms. The molecule has 0 fully saturated rings. The standard InChI is InChI=1S/C17H9ClF16N2OS/c1-3-6-5(2)38-8(7(6)4-35)36-9(37)10(19,20)11(21,22)12(23,24)13(25,26)14(27,28)15(29,30)16(31,32)17(18,33)34/h3H2,1-2H3,(H,36,37). The summed E-state index contributed by atoms with van der Waals surface area (Å²) < 4.78 is 216. The molecule has 0 saturated carbocycles. The van der Waals surface area contributed by atoms with Gasteiger partial charge in [0.2, 0.25) is 0 Å². The SMILES string of the molecule is CCc1c(C)sc(NC(=O)C(F)(F)C(F)(F)C(F)(F)C(F)(F)C(F)(F)C(F)(F)C(F)(F)C(F)(F)Cl)c1C#N. The lowest BCUT2D eigenvalue weighted by molar-refractivity contribution is -0.445. The molecule has 1 heterocycles. The topological polar surface area (TPSA) is 52.9 Å². The van der Waals surface area contributed by atoms with Gasteiger partial charge in [0.1, 0.15) is 11.1 Å². The molecule has 0 atom stereocenters. The van der Waals surface area contributed by atoms with Crippen LogP contribution in [0.15, 0.2) is 0 Å². The number of rotatable bonds is 10. The van der Waals surface area contributed by atoms with Crippen molar-refractivity contribution >= 4 is 33.8 Å². The molecule has 0 aliphatic carbocycles. The van der Waals surface area contributed by atoms with E-state index in [0.717, 1.165) is 5.32 Å². The first-order valence-electron chi connectivity index (χ1n) is 9.11. The van der Waals surface area contributed by atoms with Gasteiger partial charge in [-0.3, -0.25) is 4.79 Å². The number of thiophene rings is 1. The monoisotopic (exact) mass is 628 g/mol. The Labute approximate surface area is 209 Å². The molecule has 38 heavy (non-hydrogen) atoms. The van der Waals surface area contributed by atoms with Crippen molar-refractivity contribution in [2.24, 2.45) is 0 Å². The number of carbonyl (C=O) groups is 1. The summed E-state index contributed by atoms with van der Waals surface area (Å²) in [5, 5.41) is 1.92. The van der Waals surface area contributed by atoms with Gasteiger partial charge in [0.05, 0.1) is 5.56 Å². The molecular weight excluding hydrogens is 620 g/mol. The van der Waals surface area contributed by atoms with Gasteiger partial charge in [0, 0.05) is 4.88 Å². The first-order valence-corrected chi connectivity index (χ1v) is 10.3. The van der Waals surface area contributed by atoms with Crippen molar-refractivity contribution in [2.45, 2.75) is 67.1 Å². The molecule has 3 nitrogen and oxygen atoms in total. The number of nitrogens with zero attached hydrogens (tertiary/aromatic N) is 1. The predicted octanol–water partition coefficient (Wildman–Crippen LogP) is 7.71. The molecule has 0 saturated heterocycles. The Morgan fingerprint density at radius 3 is 1.50 bits per heavy atom. The molecule has 0 bridgehead atoms. The fraction of sp³-hybridized carbons (Fsp3) is 0.647. The Morgan fingerprint density at radius 2 is 1.16 bits per heavy atom. The zero-order valence-electron chi connectivity index (χ0n) is 17.9. The third-order valence-corrected chi connectivity index (χ3v) is 6.21. The lowest BCUT2D eigenvalue weighted by Crippen LogP contribution is -2.75. The number of aryl methyl sites for hydroxylation is 1. The average Bonchev–Trinajstić information content (AvgIpc) is 3.05. The van der Waals surface area contributed by atoms with Crippen LogP contribution in [0.1, 0.15) is 22.9 Å². The number of hydrogen-bond acceptors (Lipinski definition) is 3. The Balaban J connectivity index is 3.64. The number of amides is 1. The van der Waals surface area contributed by atoms with Gasteiger partial charge in [-0.15, -0.1) is 11.3 Å². The van der Waals surface area contributed by atoms with E-state index in [9.17, 15) is 75.0 Å². The van der Waals surface area contributed by atoms with Gasteiger partial charge in [-0.25, -0.2) is 0 Å². The van der Waals surface area contributed by atoms with Crippen molar-refractivity contribution in [3.63, 3.8) is 0 Å². The smallest absolute Gasteiger partial charge is 0.311 e. The zero-order chi connectivity index (χ0) is 30.7. The van der Waals surface area contributed by atoms with Crippen LogP contribution in [0.25, 0.3) is 0 Å². The molecule has 1 aromatic heterocycles. The Kier molecular flexibility index (Phi) is 8.45. The van der Waals surface area contributed by atoms with E-state index in [-0.39, 0.29) is 28.2 Å². The van der Waals surface area contributed by atoms with Gasteiger partial charge >= 0.3 is 52.7 Å². The molecule has 218 valence electrons. The van der Waals surface area contributed by atoms with E-state index in [1.165, 1.54) is 19.9 Å². The summed E-state index contributed by atoms with van der Waals surface area (Å²) in [5.74, 6) is -61.0. The van der Waals surface area contributed by atoms with Crippen LogP contribution in [0, 0.1) is 18.3 Å². The van der Waals surface area contributed by atoms with Crippen molar-refractivity contribution in [3.05, 3.63) is 16.0 Å². The first-order chi connectivity index (χ1) is 16.6. The maximum absolute atomic E-state index is 14.1. The van der Waals surface area contributed by atoms with Crippen molar-refractivity contribution in [1.29, 1.82) is 5.26 Å². The summed E-state index contributed by atoms with van der Waals surface area (Å²) in [4.78, 5) is 11.7. The third kappa shape index (κ3) is 4.42. The molecule has 1 amide bonds. The Hall–Kier alpha value is -2.17. The number of alkyl halides is 17. The summed E-state index contributed by atoms with van der Waals surface area (Å²) in [6, 6.07) is 1.32. The Bertz CT molecular complexity index is 1120. The molecular formula is C17H9ClF16N2OS. The number of nitriles is 1.